The zero-order chi connectivity index (χ0) is 18.3. The lowest BCUT2D eigenvalue weighted by Crippen LogP contribution is -2.46. The van der Waals surface area contributed by atoms with Gasteiger partial charge in [0, 0.05) is 10.9 Å². The van der Waals surface area contributed by atoms with E-state index in [9.17, 15) is 9.59 Å². The third-order valence-electron chi connectivity index (χ3n) is 4.58. The Kier molecular flexibility index (Phi) is 4.16. The minimum absolute atomic E-state index is 0.136. The maximum absolute atomic E-state index is 12.9. The second kappa shape index (κ2) is 6.49. The number of hydrogen-bond acceptors (Lipinski definition) is 5. The Morgan fingerprint density at radius 1 is 1.19 bits per heavy atom. The van der Waals surface area contributed by atoms with E-state index in [0.29, 0.717) is 12.1 Å². The number of carbonyl (C=O) groups excluding carboxylic acids is 2. The molecule has 1 aliphatic heterocycles. The summed E-state index contributed by atoms with van der Waals surface area (Å²) in [6.07, 6.45) is 0.826. The minimum atomic E-state index is -0.612. The van der Waals surface area contributed by atoms with Gasteiger partial charge >= 0.3 is 0 Å². The highest BCUT2D eigenvalue weighted by Crippen LogP contribution is 2.38. The van der Waals surface area contributed by atoms with Gasteiger partial charge in [-0.2, -0.15) is 0 Å². The van der Waals surface area contributed by atoms with E-state index in [4.69, 9.17) is 0 Å². The summed E-state index contributed by atoms with van der Waals surface area (Å²) in [6.45, 7) is 4.08. The first-order chi connectivity index (χ1) is 12.6. The molecule has 2 heterocycles. The Bertz CT molecular complexity index is 1010. The number of carbonyl (C=O) groups is 2. The van der Waals surface area contributed by atoms with Crippen molar-refractivity contribution in [1.82, 2.24) is 15.5 Å². The molecule has 2 amide bonds. The van der Waals surface area contributed by atoms with Gasteiger partial charge in [0.15, 0.2) is 0 Å². The van der Waals surface area contributed by atoms with Crippen LogP contribution in [0.3, 0.4) is 0 Å². The summed E-state index contributed by atoms with van der Waals surface area (Å²) in [5, 5.41) is 14.6. The van der Waals surface area contributed by atoms with Crippen LogP contribution in [0, 0.1) is 0 Å². The molecule has 132 valence electrons. The number of anilines is 1. The van der Waals surface area contributed by atoms with Crippen molar-refractivity contribution >= 4 is 39.6 Å². The second-order valence-electron chi connectivity index (χ2n) is 6.19. The Morgan fingerprint density at radius 3 is 2.65 bits per heavy atom. The highest BCUT2D eigenvalue weighted by molar-refractivity contribution is 7.11. The molecular formula is C19H18N4O2S. The first-order valence-electron chi connectivity index (χ1n) is 8.54. The van der Waals surface area contributed by atoms with Crippen molar-refractivity contribution in [3.05, 3.63) is 52.0 Å². The second-order valence-corrected chi connectivity index (χ2v) is 7.34. The maximum Gasteiger partial charge on any atom is 0.259 e. The third kappa shape index (κ3) is 2.64. The van der Waals surface area contributed by atoms with E-state index in [1.54, 1.807) is 11.8 Å². The van der Waals surface area contributed by atoms with Crippen LogP contribution in [-0.2, 0) is 17.8 Å². The van der Waals surface area contributed by atoms with Crippen molar-refractivity contribution in [2.75, 3.05) is 4.90 Å². The summed E-state index contributed by atoms with van der Waals surface area (Å²) in [5.41, 5.74) is 1.43. The van der Waals surface area contributed by atoms with E-state index >= 15 is 0 Å². The topological polar surface area (TPSA) is 75.2 Å². The third-order valence-corrected chi connectivity index (χ3v) is 5.65. The average Bonchev–Trinajstić information content (AvgIpc) is 3.24. The van der Waals surface area contributed by atoms with Crippen molar-refractivity contribution < 1.29 is 9.59 Å². The molecule has 0 aliphatic carbocycles. The molecule has 26 heavy (non-hydrogen) atoms. The van der Waals surface area contributed by atoms with E-state index < -0.39 is 6.04 Å². The predicted molar refractivity (Wildman–Crippen MR) is 101 cm³/mol. The van der Waals surface area contributed by atoms with E-state index in [1.807, 2.05) is 43.3 Å². The van der Waals surface area contributed by atoms with E-state index in [-0.39, 0.29) is 11.8 Å². The van der Waals surface area contributed by atoms with Gasteiger partial charge in [0.25, 0.3) is 5.91 Å². The SMILES string of the molecule is CCc1nnc(CNC(=O)[C@H](C)N2C(=O)c3cccc4cccc2c34)s1. The molecule has 6 nitrogen and oxygen atoms in total. The lowest BCUT2D eigenvalue weighted by Gasteiger charge is -2.24. The summed E-state index contributed by atoms with van der Waals surface area (Å²) in [4.78, 5) is 27.1. The largest absolute Gasteiger partial charge is 0.348 e. The molecule has 0 spiro atoms. The van der Waals surface area contributed by atoms with Crippen molar-refractivity contribution in [3.63, 3.8) is 0 Å². The molecular weight excluding hydrogens is 348 g/mol. The van der Waals surface area contributed by atoms with Crippen LogP contribution in [0.1, 0.15) is 34.2 Å². The van der Waals surface area contributed by atoms with Crippen LogP contribution in [0.2, 0.25) is 0 Å². The smallest absolute Gasteiger partial charge is 0.259 e. The lowest BCUT2D eigenvalue weighted by atomic mass is 10.1. The molecule has 0 fully saturated rings. The Hall–Kier alpha value is -2.80. The monoisotopic (exact) mass is 366 g/mol. The Balaban J connectivity index is 1.55. The Labute approximate surface area is 154 Å². The molecule has 1 N–H and O–H groups in total. The number of amides is 2. The molecule has 1 aliphatic rings. The van der Waals surface area contributed by atoms with Crippen LogP contribution in [0.15, 0.2) is 36.4 Å². The van der Waals surface area contributed by atoms with Gasteiger partial charge in [0.05, 0.1) is 12.2 Å². The molecule has 1 aromatic heterocycles. The summed E-state index contributed by atoms with van der Waals surface area (Å²) in [5.74, 6) is -0.347. The summed E-state index contributed by atoms with van der Waals surface area (Å²) >= 11 is 1.49. The molecule has 0 radical (unpaired) electrons. The highest BCUT2D eigenvalue weighted by Gasteiger charge is 2.35. The van der Waals surface area contributed by atoms with Gasteiger partial charge in [-0.15, -0.1) is 10.2 Å². The van der Waals surface area contributed by atoms with Gasteiger partial charge in [-0.05, 0) is 30.9 Å². The highest BCUT2D eigenvalue weighted by atomic mass is 32.1. The fourth-order valence-electron chi connectivity index (χ4n) is 3.25. The first-order valence-corrected chi connectivity index (χ1v) is 9.36. The van der Waals surface area contributed by atoms with Gasteiger partial charge in [0.1, 0.15) is 16.1 Å². The number of nitrogens with one attached hydrogen (secondary N) is 1. The van der Waals surface area contributed by atoms with E-state index in [2.05, 4.69) is 15.5 Å². The van der Waals surface area contributed by atoms with Crippen LogP contribution >= 0.6 is 11.3 Å². The number of nitrogens with zero attached hydrogens (tertiary/aromatic N) is 3. The van der Waals surface area contributed by atoms with Crippen molar-refractivity contribution in [2.45, 2.75) is 32.9 Å². The van der Waals surface area contributed by atoms with Gasteiger partial charge in [-0.3, -0.25) is 14.5 Å². The van der Waals surface area contributed by atoms with Crippen molar-refractivity contribution in [1.29, 1.82) is 0 Å². The zero-order valence-corrected chi connectivity index (χ0v) is 15.3. The van der Waals surface area contributed by atoms with Crippen LogP contribution in [0.5, 0.6) is 0 Å². The number of aromatic nitrogens is 2. The maximum atomic E-state index is 12.9. The molecule has 0 saturated heterocycles. The summed E-state index contributed by atoms with van der Waals surface area (Å²) in [6, 6.07) is 10.8. The average molecular weight is 366 g/mol. The summed E-state index contributed by atoms with van der Waals surface area (Å²) in [7, 11) is 0. The van der Waals surface area contributed by atoms with Crippen LogP contribution < -0.4 is 10.2 Å². The normalized spacial score (nSPS) is 14.1. The van der Waals surface area contributed by atoms with Crippen molar-refractivity contribution in [3.8, 4) is 0 Å². The number of rotatable bonds is 5. The standard InChI is InChI=1S/C19H18N4O2S/c1-3-15-21-22-16(26-15)10-20-18(24)11(2)23-14-9-5-7-12-6-4-8-13(17(12)14)19(23)25/h4-9,11H,3,10H2,1-2H3,(H,20,24)/t11-/m0/s1. The molecule has 0 bridgehead atoms. The van der Waals surface area contributed by atoms with Gasteiger partial charge < -0.3 is 5.32 Å². The van der Waals surface area contributed by atoms with Crippen LogP contribution in [0.4, 0.5) is 5.69 Å². The number of benzene rings is 2. The Morgan fingerprint density at radius 2 is 1.92 bits per heavy atom. The fourth-order valence-corrected chi connectivity index (χ4v) is 3.98. The van der Waals surface area contributed by atoms with Crippen LogP contribution in [0.25, 0.3) is 10.8 Å². The fraction of sp³-hybridized carbons (Fsp3) is 0.263. The zero-order valence-electron chi connectivity index (χ0n) is 14.5. The molecule has 0 saturated carbocycles. The lowest BCUT2D eigenvalue weighted by molar-refractivity contribution is -0.122. The summed E-state index contributed by atoms with van der Waals surface area (Å²) < 4.78 is 0. The molecule has 7 heteroatoms. The van der Waals surface area contributed by atoms with E-state index in [1.165, 1.54) is 11.3 Å². The predicted octanol–water partition coefficient (Wildman–Crippen LogP) is 2.92. The number of hydrogen-bond donors (Lipinski definition) is 1. The number of aryl methyl sites for hydroxylation is 1. The minimum Gasteiger partial charge on any atom is -0.348 e. The molecule has 3 aromatic rings. The molecule has 0 unspecified atom stereocenters. The molecule has 1 atom stereocenters. The molecule has 4 rings (SSSR count). The van der Waals surface area contributed by atoms with Crippen LogP contribution in [-0.4, -0.2) is 28.1 Å². The van der Waals surface area contributed by atoms with Gasteiger partial charge in [0.2, 0.25) is 5.91 Å². The first kappa shape index (κ1) is 16.7. The van der Waals surface area contributed by atoms with Crippen molar-refractivity contribution in [2.24, 2.45) is 0 Å². The molecule has 2 aromatic carbocycles. The van der Waals surface area contributed by atoms with Gasteiger partial charge in [-0.25, -0.2) is 0 Å². The van der Waals surface area contributed by atoms with Gasteiger partial charge in [-0.1, -0.05) is 42.5 Å². The quantitative estimate of drug-likeness (QED) is 0.753. The van der Waals surface area contributed by atoms with E-state index in [0.717, 1.165) is 32.9 Å².